The minimum absolute atomic E-state index is 0.235. The van der Waals surface area contributed by atoms with Crippen LogP contribution in [0, 0.1) is 11.3 Å². The molecule has 1 aromatic heterocycles. The number of hydrogen-bond acceptors (Lipinski definition) is 4. The molecule has 1 heterocycles. The van der Waals surface area contributed by atoms with Gasteiger partial charge in [-0.2, -0.15) is 5.26 Å². The van der Waals surface area contributed by atoms with E-state index in [4.69, 9.17) is 21.6 Å². The van der Waals surface area contributed by atoms with Crippen molar-refractivity contribution >= 4 is 27.5 Å². The largest absolute Gasteiger partial charge is 0.436 e. The smallest absolute Gasteiger partial charge is 0.237 e. The molecule has 0 saturated heterocycles. The molecule has 0 aliphatic carbocycles. The summed E-state index contributed by atoms with van der Waals surface area (Å²) in [5.41, 5.74) is 0.235. The van der Waals surface area contributed by atoms with Gasteiger partial charge in [-0.1, -0.05) is 27.5 Å². The Morgan fingerprint density at radius 1 is 1.29 bits per heavy atom. The number of hydrogen-bond donors (Lipinski definition) is 0. The van der Waals surface area contributed by atoms with Crippen molar-refractivity contribution < 1.29 is 4.74 Å². The third-order valence-electron chi connectivity index (χ3n) is 1.85. The summed E-state index contributed by atoms with van der Waals surface area (Å²) in [4.78, 5) is 7.77. The summed E-state index contributed by atoms with van der Waals surface area (Å²) in [7, 11) is 0. The molecule has 0 spiro atoms. The Morgan fingerprint density at radius 2 is 2.12 bits per heavy atom. The van der Waals surface area contributed by atoms with Crippen molar-refractivity contribution in [1.29, 1.82) is 5.26 Å². The van der Waals surface area contributed by atoms with Gasteiger partial charge in [-0.05, 0) is 18.2 Å². The van der Waals surface area contributed by atoms with Gasteiger partial charge in [0.25, 0.3) is 0 Å². The Labute approximate surface area is 111 Å². The minimum atomic E-state index is 0.235. The van der Waals surface area contributed by atoms with Gasteiger partial charge in [-0.15, -0.1) is 0 Å². The molecule has 6 heteroatoms. The highest BCUT2D eigenvalue weighted by Gasteiger charge is 2.05. The van der Waals surface area contributed by atoms with E-state index in [9.17, 15) is 0 Å². The monoisotopic (exact) mass is 309 g/mol. The van der Waals surface area contributed by atoms with Gasteiger partial charge in [0.1, 0.15) is 11.8 Å². The van der Waals surface area contributed by atoms with Gasteiger partial charge in [-0.3, -0.25) is 0 Å². The highest BCUT2D eigenvalue weighted by Crippen LogP contribution is 2.30. The summed E-state index contributed by atoms with van der Waals surface area (Å²) in [6, 6.07) is 7.11. The zero-order valence-corrected chi connectivity index (χ0v) is 10.7. The molecular weight excluding hydrogens is 305 g/mol. The fraction of sp³-hybridized carbons (Fsp3) is 0. The lowest BCUT2D eigenvalue weighted by atomic mass is 10.3. The van der Waals surface area contributed by atoms with Crippen LogP contribution in [-0.4, -0.2) is 9.97 Å². The molecule has 0 saturated carbocycles. The molecule has 2 aromatic rings. The molecule has 84 valence electrons. The van der Waals surface area contributed by atoms with Crippen LogP contribution in [0.4, 0.5) is 0 Å². The van der Waals surface area contributed by atoms with E-state index in [0.717, 1.165) is 4.47 Å². The molecule has 0 N–H and O–H groups in total. The number of aromatic nitrogens is 2. The molecule has 1 aromatic carbocycles. The third kappa shape index (κ3) is 2.93. The maximum absolute atomic E-state index is 8.57. The van der Waals surface area contributed by atoms with Crippen molar-refractivity contribution in [3.8, 4) is 17.7 Å². The second-order valence-electron chi connectivity index (χ2n) is 3.03. The molecular formula is C11H5BrClN3O. The first-order valence-electron chi connectivity index (χ1n) is 4.54. The van der Waals surface area contributed by atoms with Crippen molar-refractivity contribution in [1.82, 2.24) is 9.97 Å². The Morgan fingerprint density at radius 3 is 2.71 bits per heavy atom. The lowest BCUT2D eigenvalue weighted by Crippen LogP contribution is -1.91. The Kier molecular flexibility index (Phi) is 3.57. The normalized spacial score (nSPS) is 9.71. The summed E-state index contributed by atoms with van der Waals surface area (Å²) in [5, 5.41) is 9.04. The number of nitriles is 1. The summed E-state index contributed by atoms with van der Waals surface area (Å²) in [5.74, 6) is 0.766. The van der Waals surface area contributed by atoms with Crippen LogP contribution in [0.1, 0.15) is 5.69 Å². The first-order valence-corrected chi connectivity index (χ1v) is 5.71. The zero-order valence-electron chi connectivity index (χ0n) is 8.39. The number of halogens is 2. The number of rotatable bonds is 2. The van der Waals surface area contributed by atoms with Crippen LogP contribution >= 0.6 is 27.5 Å². The van der Waals surface area contributed by atoms with E-state index in [0.29, 0.717) is 10.8 Å². The minimum Gasteiger partial charge on any atom is -0.436 e. The predicted molar refractivity (Wildman–Crippen MR) is 66.0 cm³/mol. The lowest BCUT2D eigenvalue weighted by Gasteiger charge is -2.06. The summed E-state index contributed by atoms with van der Waals surface area (Å²) in [6.07, 6.45) is 2.71. The van der Waals surface area contributed by atoms with E-state index in [1.165, 1.54) is 12.4 Å². The van der Waals surface area contributed by atoms with Crippen LogP contribution in [0.15, 0.2) is 35.1 Å². The first-order chi connectivity index (χ1) is 8.19. The Balaban J connectivity index is 2.23. The van der Waals surface area contributed by atoms with Gasteiger partial charge in [0.05, 0.1) is 17.4 Å². The van der Waals surface area contributed by atoms with Gasteiger partial charge >= 0.3 is 0 Å². The van der Waals surface area contributed by atoms with Crippen LogP contribution in [0.2, 0.25) is 5.02 Å². The van der Waals surface area contributed by atoms with E-state index in [-0.39, 0.29) is 11.6 Å². The highest BCUT2D eigenvalue weighted by atomic mass is 79.9. The fourth-order valence-corrected chi connectivity index (χ4v) is 1.81. The van der Waals surface area contributed by atoms with Crippen LogP contribution < -0.4 is 4.74 Å². The number of ether oxygens (including phenoxy) is 1. The molecule has 17 heavy (non-hydrogen) atoms. The van der Waals surface area contributed by atoms with Crippen molar-refractivity contribution in [2.45, 2.75) is 0 Å². The standard InChI is InChI=1S/C11H5BrClN3O/c12-7-1-2-10(9(13)3-7)17-11-6-15-8(4-14)5-16-11/h1-3,5-6H. The van der Waals surface area contributed by atoms with Crippen molar-refractivity contribution in [2.24, 2.45) is 0 Å². The van der Waals surface area contributed by atoms with Crippen molar-refractivity contribution in [3.63, 3.8) is 0 Å². The van der Waals surface area contributed by atoms with Crippen LogP contribution in [0.3, 0.4) is 0 Å². The SMILES string of the molecule is N#Cc1cnc(Oc2ccc(Br)cc2Cl)cn1. The zero-order chi connectivity index (χ0) is 12.3. The molecule has 0 fully saturated rings. The molecule has 0 amide bonds. The quantitative estimate of drug-likeness (QED) is 0.851. The van der Waals surface area contributed by atoms with Crippen LogP contribution in [0.5, 0.6) is 11.6 Å². The van der Waals surface area contributed by atoms with Crippen molar-refractivity contribution in [2.75, 3.05) is 0 Å². The predicted octanol–water partition coefficient (Wildman–Crippen LogP) is 3.56. The maximum Gasteiger partial charge on any atom is 0.237 e. The summed E-state index contributed by atoms with van der Waals surface area (Å²) in [6.45, 7) is 0. The van der Waals surface area contributed by atoms with Crippen LogP contribution in [0.25, 0.3) is 0 Å². The fourth-order valence-electron chi connectivity index (χ4n) is 1.10. The van der Waals surface area contributed by atoms with Gasteiger partial charge in [0.2, 0.25) is 5.88 Å². The molecule has 0 aliphatic rings. The number of benzene rings is 1. The average Bonchev–Trinajstić information content (AvgIpc) is 2.34. The third-order valence-corrected chi connectivity index (χ3v) is 2.64. The van der Waals surface area contributed by atoms with E-state index < -0.39 is 0 Å². The first kappa shape index (κ1) is 11.8. The average molecular weight is 311 g/mol. The van der Waals surface area contributed by atoms with E-state index in [1.807, 2.05) is 6.07 Å². The second kappa shape index (κ2) is 5.13. The number of nitrogens with zero attached hydrogens (tertiary/aromatic N) is 3. The van der Waals surface area contributed by atoms with Crippen LogP contribution in [-0.2, 0) is 0 Å². The summed E-state index contributed by atoms with van der Waals surface area (Å²) < 4.78 is 6.29. The van der Waals surface area contributed by atoms with Gasteiger partial charge < -0.3 is 4.74 Å². The molecule has 2 rings (SSSR count). The maximum atomic E-state index is 8.57. The Bertz CT molecular complexity index is 580. The van der Waals surface area contributed by atoms with E-state index >= 15 is 0 Å². The van der Waals surface area contributed by atoms with Crippen molar-refractivity contribution in [3.05, 3.63) is 45.8 Å². The topological polar surface area (TPSA) is 58.8 Å². The highest BCUT2D eigenvalue weighted by molar-refractivity contribution is 9.10. The molecule has 4 nitrogen and oxygen atoms in total. The molecule has 0 unspecified atom stereocenters. The van der Waals surface area contributed by atoms with Gasteiger partial charge in [0, 0.05) is 4.47 Å². The lowest BCUT2D eigenvalue weighted by molar-refractivity contribution is 0.460. The summed E-state index contributed by atoms with van der Waals surface area (Å²) >= 11 is 9.28. The van der Waals surface area contributed by atoms with Gasteiger partial charge in [0.15, 0.2) is 5.69 Å². The molecule has 0 aliphatic heterocycles. The van der Waals surface area contributed by atoms with Gasteiger partial charge in [-0.25, -0.2) is 9.97 Å². The molecule has 0 bridgehead atoms. The van der Waals surface area contributed by atoms with E-state index in [2.05, 4.69) is 25.9 Å². The Hall–Kier alpha value is -1.64. The second-order valence-corrected chi connectivity index (χ2v) is 4.35. The molecule has 0 radical (unpaired) electrons. The molecule has 0 atom stereocenters. The van der Waals surface area contributed by atoms with E-state index in [1.54, 1.807) is 18.2 Å².